The SMILES string of the molecule is NC(=S)c1ccc(N2CCC(CCO)C2)cc1F. The van der Waals surface area contributed by atoms with Crippen LogP contribution >= 0.6 is 12.2 Å². The number of halogens is 1. The van der Waals surface area contributed by atoms with E-state index in [1.807, 2.05) is 6.07 Å². The first-order valence-electron chi connectivity index (χ1n) is 6.07. The molecule has 0 radical (unpaired) electrons. The molecule has 1 heterocycles. The highest BCUT2D eigenvalue weighted by Gasteiger charge is 2.22. The van der Waals surface area contributed by atoms with E-state index in [9.17, 15) is 4.39 Å². The van der Waals surface area contributed by atoms with E-state index in [-0.39, 0.29) is 17.4 Å². The summed E-state index contributed by atoms with van der Waals surface area (Å²) < 4.78 is 13.8. The molecule has 1 unspecified atom stereocenters. The highest BCUT2D eigenvalue weighted by Crippen LogP contribution is 2.26. The number of aliphatic hydroxyl groups is 1. The predicted octanol–water partition coefficient (Wildman–Crippen LogP) is 1.67. The minimum Gasteiger partial charge on any atom is -0.396 e. The summed E-state index contributed by atoms with van der Waals surface area (Å²) in [7, 11) is 0. The third-order valence-corrected chi connectivity index (χ3v) is 3.63. The van der Waals surface area contributed by atoms with Crippen LogP contribution in [0.5, 0.6) is 0 Å². The lowest BCUT2D eigenvalue weighted by atomic mass is 10.1. The van der Waals surface area contributed by atoms with Gasteiger partial charge in [0, 0.05) is 30.9 Å². The summed E-state index contributed by atoms with van der Waals surface area (Å²) in [6.45, 7) is 1.98. The van der Waals surface area contributed by atoms with Crippen LogP contribution in [0.2, 0.25) is 0 Å². The zero-order valence-electron chi connectivity index (χ0n) is 10.1. The monoisotopic (exact) mass is 268 g/mol. The van der Waals surface area contributed by atoms with Crippen LogP contribution in [0, 0.1) is 11.7 Å². The van der Waals surface area contributed by atoms with Crippen molar-refractivity contribution in [2.45, 2.75) is 12.8 Å². The second kappa shape index (κ2) is 5.63. The van der Waals surface area contributed by atoms with Gasteiger partial charge in [0.05, 0.1) is 0 Å². The van der Waals surface area contributed by atoms with E-state index < -0.39 is 0 Å². The predicted molar refractivity (Wildman–Crippen MR) is 74.3 cm³/mol. The van der Waals surface area contributed by atoms with Gasteiger partial charge in [-0.3, -0.25) is 0 Å². The van der Waals surface area contributed by atoms with Gasteiger partial charge >= 0.3 is 0 Å². The van der Waals surface area contributed by atoms with Crippen molar-refractivity contribution in [3.63, 3.8) is 0 Å². The van der Waals surface area contributed by atoms with Crippen LogP contribution in [-0.4, -0.2) is 29.8 Å². The molecule has 98 valence electrons. The van der Waals surface area contributed by atoms with Crippen LogP contribution in [0.1, 0.15) is 18.4 Å². The van der Waals surface area contributed by atoms with Gasteiger partial charge in [-0.05, 0) is 37.0 Å². The molecule has 0 spiro atoms. The van der Waals surface area contributed by atoms with Crippen LogP contribution in [-0.2, 0) is 0 Å². The lowest BCUT2D eigenvalue weighted by Crippen LogP contribution is -2.20. The molecule has 1 fully saturated rings. The molecule has 1 saturated heterocycles. The molecular formula is C13H17FN2OS. The molecular weight excluding hydrogens is 251 g/mol. The highest BCUT2D eigenvalue weighted by molar-refractivity contribution is 7.80. The van der Waals surface area contributed by atoms with Crippen molar-refractivity contribution in [3.8, 4) is 0 Å². The number of thiocarbonyl (C=S) groups is 1. The Labute approximate surface area is 111 Å². The Morgan fingerprint density at radius 3 is 2.94 bits per heavy atom. The van der Waals surface area contributed by atoms with Crippen LogP contribution < -0.4 is 10.6 Å². The summed E-state index contributed by atoms with van der Waals surface area (Å²) >= 11 is 4.78. The minimum absolute atomic E-state index is 0.0821. The van der Waals surface area contributed by atoms with Crippen molar-refractivity contribution < 1.29 is 9.50 Å². The van der Waals surface area contributed by atoms with Crippen LogP contribution in [0.15, 0.2) is 18.2 Å². The lowest BCUT2D eigenvalue weighted by molar-refractivity contribution is 0.263. The average molecular weight is 268 g/mol. The Morgan fingerprint density at radius 1 is 1.56 bits per heavy atom. The Hall–Kier alpha value is -1.20. The fourth-order valence-electron chi connectivity index (χ4n) is 2.39. The maximum absolute atomic E-state index is 13.8. The molecule has 3 N–H and O–H groups in total. The number of hydrogen-bond acceptors (Lipinski definition) is 3. The zero-order chi connectivity index (χ0) is 13.1. The summed E-state index contributed by atoms with van der Waals surface area (Å²) in [6, 6.07) is 4.96. The van der Waals surface area contributed by atoms with Gasteiger partial charge < -0.3 is 15.7 Å². The van der Waals surface area contributed by atoms with Gasteiger partial charge in [-0.15, -0.1) is 0 Å². The van der Waals surface area contributed by atoms with E-state index in [0.717, 1.165) is 31.6 Å². The molecule has 2 rings (SSSR count). The third kappa shape index (κ3) is 2.79. The first-order valence-corrected chi connectivity index (χ1v) is 6.48. The van der Waals surface area contributed by atoms with Gasteiger partial charge in [0.15, 0.2) is 0 Å². The van der Waals surface area contributed by atoms with Gasteiger partial charge in [0.1, 0.15) is 10.8 Å². The smallest absolute Gasteiger partial charge is 0.135 e. The van der Waals surface area contributed by atoms with E-state index in [2.05, 4.69) is 4.90 Å². The van der Waals surface area contributed by atoms with Crippen LogP contribution in [0.25, 0.3) is 0 Å². The van der Waals surface area contributed by atoms with E-state index in [1.54, 1.807) is 6.07 Å². The second-order valence-electron chi connectivity index (χ2n) is 4.64. The van der Waals surface area contributed by atoms with Gasteiger partial charge in [0.2, 0.25) is 0 Å². The third-order valence-electron chi connectivity index (χ3n) is 3.41. The summed E-state index contributed by atoms with van der Waals surface area (Å²) in [5.41, 5.74) is 6.58. The molecule has 18 heavy (non-hydrogen) atoms. The summed E-state index contributed by atoms with van der Waals surface area (Å²) in [6.07, 6.45) is 1.85. The van der Waals surface area contributed by atoms with E-state index in [1.165, 1.54) is 6.07 Å². The van der Waals surface area contributed by atoms with Crippen molar-refractivity contribution in [2.75, 3.05) is 24.6 Å². The molecule has 5 heteroatoms. The molecule has 0 aliphatic carbocycles. The molecule has 1 aromatic carbocycles. The molecule has 1 aromatic rings. The standard InChI is InChI=1S/C13H17FN2OS/c14-12-7-10(1-2-11(12)13(15)18)16-5-3-9(8-16)4-6-17/h1-2,7,9,17H,3-6,8H2,(H2,15,18). The molecule has 0 bridgehead atoms. The van der Waals surface area contributed by atoms with Gasteiger partial charge in [0.25, 0.3) is 0 Å². The van der Waals surface area contributed by atoms with E-state index in [4.69, 9.17) is 23.1 Å². The molecule has 3 nitrogen and oxygen atoms in total. The van der Waals surface area contributed by atoms with Gasteiger partial charge in [-0.1, -0.05) is 12.2 Å². The molecule has 1 aliphatic heterocycles. The van der Waals surface area contributed by atoms with Crippen LogP contribution in [0.4, 0.5) is 10.1 Å². The number of anilines is 1. The summed E-state index contributed by atoms with van der Waals surface area (Å²) in [5, 5.41) is 8.92. The second-order valence-corrected chi connectivity index (χ2v) is 5.08. The first-order chi connectivity index (χ1) is 8.61. The Balaban J connectivity index is 2.11. The maximum atomic E-state index is 13.8. The van der Waals surface area contributed by atoms with Crippen molar-refractivity contribution in [1.29, 1.82) is 0 Å². The Bertz CT molecular complexity index is 453. The van der Waals surface area contributed by atoms with Crippen molar-refractivity contribution in [3.05, 3.63) is 29.6 Å². The summed E-state index contributed by atoms with van der Waals surface area (Å²) in [5.74, 6) is 0.124. The molecule has 0 saturated carbocycles. The fraction of sp³-hybridized carbons (Fsp3) is 0.462. The van der Waals surface area contributed by atoms with E-state index >= 15 is 0 Å². The normalized spacial score (nSPS) is 19.2. The average Bonchev–Trinajstić information content (AvgIpc) is 2.77. The Morgan fingerprint density at radius 2 is 2.33 bits per heavy atom. The van der Waals surface area contributed by atoms with Crippen molar-refractivity contribution in [1.82, 2.24) is 0 Å². The number of aliphatic hydroxyl groups excluding tert-OH is 1. The summed E-state index contributed by atoms with van der Waals surface area (Å²) in [4.78, 5) is 2.21. The van der Waals surface area contributed by atoms with Gasteiger partial charge in [-0.2, -0.15) is 0 Å². The number of rotatable bonds is 4. The molecule has 0 aromatic heterocycles. The number of benzene rings is 1. The molecule has 1 aliphatic rings. The quantitative estimate of drug-likeness (QED) is 0.816. The molecule has 1 atom stereocenters. The number of nitrogens with zero attached hydrogens (tertiary/aromatic N) is 1. The van der Waals surface area contributed by atoms with Gasteiger partial charge in [-0.25, -0.2) is 4.39 Å². The topological polar surface area (TPSA) is 49.5 Å². The number of hydrogen-bond donors (Lipinski definition) is 2. The van der Waals surface area contributed by atoms with Crippen molar-refractivity contribution in [2.24, 2.45) is 11.7 Å². The Kier molecular flexibility index (Phi) is 4.14. The maximum Gasteiger partial charge on any atom is 0.135 e. The molecule has 0 amide bonds. The zero-order valence-corrected chi connectivity index (χ0v) is 10.9. The van der Waals surface area contributed by atoms with E-state index in [0.29, 0.717) is 11.5 Å². The first kappa shape index (κ1) is 13.2. The van der Waals surface area contributed by atoms with Crippen LogP contribution in [0.3, 0.4) is 0 Å². The van der Waals surface area contributed by atoms with Crippen molar-refractivity contribution >= 4 is 22.9 Å². The fourth-order valence-corrected chi connectivity index (χ4v) is 2.55. The largest absolute Gasteiger partial charge is 0.396 e. The minimum atomic E-state index is -0.370. The highest BCUT2D eigenvalue weighted by atomic mass is 32.1. The number of nitrogens with two attached hydrogens (primary N) is 1. The lowest BCUT2D eigenvalue weighted by Gasteiger charge is -2.19.